The van der Waals surface area contributed by atoms with Crippen LogP contribution in [-0.2, 0) is 6.42 Å². The number of carbonyl (C=O) groups excluding carboxylic acids is 1. The van der Waals surface area contributed by atoms with Crippen LogP contribution in [0.3, 0.4) is 0 Å². The molecule has 1 fully saturated rings. The second-order valence-corrected chi connectivity index (χ2v) is 8.93. The normalized spacial score (nSPS) is 14.1. The molecule has 7 nitrogen and oxygen atoms in total. The van der Waals surface area contributed by atoms with E-state index in [0.717, 1.165) is 24.2 Å². The molecule has 1 aliphatic rings. The number of rotatable bonds is 8. The molecule has 0 radical (unpaired) electrons. The molecule has 0 bridgehead atoms. The largest absolute Gasteiger partial charge is 0.457 e. The summed E-state index contributed by atoms with van der Waals surface area (Å²) in [6, 6.07) is 13.1. The van der Waals surface area contributed by atoms with E-state index >= 15 is 0 Å². The van der Waals surface area contributed by atoms with Crippen LogP contribution >= 0.6 is 0 Å². The van der Waals surface area contributed by atoms with Gasteiger partial charge in [-0.05, 0) is 49.4 Å². The van der Waals surface area contributed by atoms with Crippen molar-refractivity contribution in [2.24, 2.45) is 0 Å². The first-order chi connectivity index (χ1) is 17.6. The molecular formula is C27H28F3N5O2. The van der Waals surface area contributed by atoms with Crippen molar-refractivity contribution in [1.82, 2.24) is 15.2 Å². The molecular weight excluding hydrogens is 483 g/mol. The highest BCUT2D eigenvalue weighted by Gasteiger charge is 2.36. The molecule has 4 rings (SSSR count). The number of aromatic nitrogens is 1. The van der Waals surface area contributed by atoms with E-state index in [9.17, 15) is 18.0 Å². The Labute approximate surface area is 213 Å². The lowest BCUT2D eigenvalue weighted by Crippen LogP contribution is -2.57. The smallest absolute Gasteiger partial charge is 0.433 e. The van der Waals surface area contributed by atoms with Crippen LogP contribution in [-0.4, -0.2) is 60.9 Å². The number of alkyl halides is 3. The summed E-state index contributed by atoms with van der Waals surface area (Å²) in [6.45, 7) is 3.66. The van der Waals surface area contributed by atoms with Crippen LogP contribution < -0.4 is 15.4 Å². The second-order valence-electron chi connectivity index (χ2n) is 8.93. The lowest BCUT2D eigenvalue weighted by Gasteiger charge is -2.36. The number of hydrogen-bond acceptors (Lipinski definition) is 6. The van der Waals surface area contributed by atoms with E-state index < -0.39 is 11.9 Å². The Morgan fingerprint density at radius 1 is 1.11 bits per heavy atom. The zero-order valence-electron chi connectivity index (χ0n) is 20.7. The highest BCUT2D eigenvalue weighted by atomic mass is 19.4. The van der Waals surface area contributed by atoms with Crippen molar-refractivity contribution in [2.45, 2.75) is 25.6 Å². The molecule has 37 heavy (non-hydrogen) atoms. The first-order valence-corrected chi connectivity index (χ1v) is 11.8. The second kappa shape index (κ2) is 10.6. The van der Waals surface area contributed by atoms with Crippen LogP contribution in [0.15, 0.2) is 54.7 Å². The van der Waals surface area contributed by atoms with Gasteiger partial charge >= 0.3 is 6.18 Å². The molecule has 3 N–H and O–H groups in total. The lowest BCUT2D eigenvalue weighted by atomic mass is 9.98. The number of amides is 1. The third-order valence-corrected chi connectivity index (χ3v) is 6.21. The van der Waals surface area contributed by atoms with Crippen molar-refractivity contribution in [2.75, 3.05) is 32.5 Å². The molecule has 10 heteroatoms. The Kier molecular flexibility index (Phi) is 7.49. The summed E-state index contributed by atoms with van der Waals surface area (Å²) in [7, 11) is 3.49. The number of hydrogen-bond donors (Lipinski definition) is 3. The number of nitrogens with one attached hydrogen (secondary N) is 3. The van der Waals surface area contributed by atoms with Gasteiger partial charge in [0, 0.05) is 60.8 Å². The average Bonchev–Trinajstić information content (AvgIpc) is 2.86. The summed E-state index contributed by atoms with van der Waals surface area (Å²) in [6.07, 6.45) is -2.50. The van der Waals surface area contributed by atoms with E-state index in [0.29, 0.717) is 29.2 Å². The van der Waals surface area contributed by atoms with E-state index in [1.54, 1.807) is 24.4 Å². The Morgan fingerprint density at radius 3 is 2.46 bits per heavy atom. The first kappa shape index (κ1) is 26.2. The van der Waals surface area contributed by atoms with Gasteiger partial charge in [-0.2, -0.15) is 13.2 Å². The number of nitrogens with zero attached hydrogens (tertiary/aromatic N) is 2. The number of aryl methyl sites for hydroxylation is 1. The molecule has 1 aliphatic heterocycles. The monoisotopic (exact) mass is 511 g/mol. The Morgan fingerprint density at radius 2 is 1.81 bits per heavy atom. The number of anilines is 1. The molecule has 0 saturated carbocycles. The van der Waals surface area contributed by atoms with Gasteiger partial charge in [0.2, 0.25) is 0 Å². The SMILES string of the molecule is CCc1cc(-c2cc(Oc3ccc(C(=N)C(F)(F)F)c(NC)c3)ccn2)ccc1C(=O)NC1CN(C)C1. The third kappa shape index (κ3) is 5.91. The van der Waals surface area contributed by atoms with Crippen molar-refractivity contribution >= 4 is 17.3 Å². The van der Waals surface area contributed by atoms with E-state index in [2.05, 4.69) is 20.5 Å². The molecule has 194 valence electrons. The number of benzene rings is 2. The van der Waals surface area contributed by atoms with Gasteiger partial charge in [-0.25, -0.2) is 0 Å². The topological polar surface area (TPSA) is 90.3 Å². The molecule has 0 aliphatic carbocycles. The highest BCUT2D eigenvalue weighted by Crippen LogP contribution is 2.32. The minimum absolute atomic E-state index is 0.0890. The van der Waals surface area contributed by atoms with Crippen LogP contribution in [0.25, 0.3) is 11.3 Å². The zero-order valence-corrected chi connectivity index (χ0v) is 20.7. The van der Waals surface area contributed by atoms with Gasteiger partial charge in [-0.3, -0.25) is 15.2 Å². The van der Waals surface area contributed by atoms with Gasteiger partial charge in [-0.15, -0.1) is 0 Å². The van der Waals surface area contributed by atoms with Crippen LogP contribution in [0, 0.1) is 5.41 Å². The van der Waals surface area contributed by atoms with E-state index in [4.69, 9.17) is 10.1 Å². The van der Waals surface area contributed by atoms with Crippen molar-refractivity contribution in [3.05, 3.63) is 71.4 Å². The van der Waals surface area contributed by atoms with Gasteiger partial charge in [0.1, 0.15) is 17.2 Å². The van der Waals surface area contributed by atoms with Crippen LogP contribution in [0.4, 0.5) is 18.9 Å². The van der Waals surface area contributed by atoms with Crippen LogP contribution in [0.5, 0.6) is 11.5 Å². The highest BCUT2D eigenvalue weighted by molar-refractivity contribution is 6.06. The molecule has 0 spiro atoms. The summed E-state index contributed by atoms with van der Waals surface area (Å²) in [5.41, 5.74) is 1.41. The maximum absolute atomic E-state index is 13.0. The number of halogens is 3. The predicted octanol–water partition coefficient (Wildman–Crippen LogP) is 5.12. The molecule has 3 aromatic rings. The van der Waals surface area contributed by atoms with Gasteiger partial charge in [0.05, 0.1) is 11.7 Å². The summed E-state index contributed by atoms with van der Waals surface area (Å²) >= 11 is 0. The van der Waals surface area contributed by atoms with Gasteiger partial charge in [0.25, 0.3) is 5.91 Å². The Balaban J connectivity index is 1.54. The standard InChI is InChI=1S/C27H28F3N5O2/c1-4-16-11-17(5-7-21(16)26(36)34-18-14-35(3)15-18)23-12-20(9-10-33-23)37-19-6-8-22(24(13-19)32-2)25(31)27(28,29)30/h5-13,18,31-32H,4,14-15H2,1-3H3,(H,34,36). The fraction of sp³-hybridized carbons (Fsp3) is 0.296. The average molecular weight is 512 g/mol. The third-order valence-electron chi connectivity index (χ3n) is 6.21. The zero-order chi connectivity index (χ0) is 26.7. The Bertz CT molecular complexity index is 1320. The summed E-state index contributed by atoms with van der Waals surface area (Å²) < 4.78 is 44.9. The van der Waals surface area contributed by atoms with E-state index in [-0.39, 0.29) is 23.2 Å². The van der Waals surface area contributed by atoms with E-state index in [1.165, 1.54) is 25.2 Å². The van der Waals surface area contributed by atoms with E-state index in [1.807, 2.05) is 26.1 Å². The fourth-order valence-corrected chi connectivity index (χ4v) is 4.25. The number of likely N-dealkylation sites (N-methyl/N-ethyl adjacent to an activating group) is 1. The number of pyridine rings is 1. The molecule has 2 heterocycles. The maximum atomic E-state index is 13.0. The molecule has 1 saturated heterocycles. The summed E-state index contributed by atoms with van der Waals surface area (Å²) in [4.78, 5) is 19.3. The lowest BCUT2D eigenvalue weighted by molar-refractivity contribution is -0.0587. The van der Waals surface area contributed by atoms with Crippen molar-refractivity contribution in [3.8, 4) is 22.8 Å². The number of carbonyl (C=O) groups is 1. The number of ether oxygens (including phenoxy) is 1. The molecule has 1 aromatic heterocycles. The minimum Gasteiger partial charge on any atom is -0.457 e. The molecule has 0 unspecified atom stereocenters. The van der Waals surface area contributed by atoms with Gasteiger partial charge < -0.3 is 20.3 Å². The number of likely N-dealkylation sites (tertiary alicyclic amines) is 1. The predicted molar refractivity (Wildman–Crippen MR) is 137 cm³/mol. The summed E-state index contributed by atoms with van der Waals surface area (Å²) in [5.74, 6) is 0.664. The van der Waals surface area contributed by atoms with Gasteiger partial charge in [0.15, 0.2) is 0 Å². The maximum Gasteiger partial charge on any atom is 0.433 e. The van der Waals surface area contributed by atoms with Crippen molar-refractivity contribution in [3.63, 3.8) is 0 Å². The Hall–Kier alpha value is -3.92. The van der Waals surface area contributed by atoms with Crippen LogP contribution in [0.1, 0.15) is 28.4 Å². The molecule has 0 atom stereocenters. The van der Waals surface area contributed by atoms with Crippen LogP contribution in [0.2, 0.25) is 0 Å². The fourth-order valence-electron chi connectivity index (χ4n) is 4.25. The van der Waals surface area contributed by atoms with Crippen molar-refractivity contribution < 1.29 is 22.7 Å². The molecule has 2 aromatic carbocycles. The molecule has 1 amide bonds. The summed E-state index contributed by atoms with van der Waals surface area (Å²) in [5, 5.41) is 13.2. The minimum atomic E-state index is -4.75. The quantitative estimate of drug-likeness (QED) is 0.366. The first-order valence-electron chi connectivity index (χ1n) is 11.8. The van der Waals surface area contributed by atoms with Gasteiger partial charge in [-0.1, -0.05) is 13.0 Å². The van der Waals surface area contributed by atoms with Crippen molar-refractivity contribution in [1.29, 1.82) is 5.41 Å².